The Balaban J connectivity index is 1.92. The van der Waals surface area contributed by atoms with Gasteiger partial charge >= 0.3 is 0 Å². The highest BCUT2D eigenvalue weighted by Gasteiger charge is 2.28. The molecule has 3 aromatic carbocycles. The number of carbonyl (C=O) groups is 1. The average Bonchev–Trinajstić information content (AvgIpc) is 2.73. The lowest BCUT2D eigenvalue weighted by atomic mass is 10.1. The molecule has 7 heteroatoms. The minimum absolute atomic E-state index is 0.0650. The number of nitrogens with zero attached hydrogens (tertiary/aromatic N) is 1. The number of hydrogen-bond acceptors (Lipinski definition) is 3. The molecule has 0 saturated heterocycles. The zero-order valence-electron chi connectivity index (χ0n) is 16.8. The normalized spacial score (nSPS) is 11.2. The van der Waals surface area contributed by atoms with Crippen molar-refractivity contribution in [1.82, 2.24) is 0 Å². The number of aryl methyl sites for hydroxylation is 2. The van der Waals surface area contributed by atoms with Crippen molar-refractivity contribution in [3.05, 3.63) is 88.9 Å². The third kappa shape index (κ3) is 5.01. The molecule has 0 spiro atoms. The van der Waals surface area contributed by atoms with Crippen LogP contribution in [0.3, 0.4) is 0 Å². The van der Waals surface area contributed by atoms with Crippen LogP contribution >= 0.6 is 11.6 Å². The van der Waals surface area contributed by atoms with Gasteiger partial charge in [-0.15, -0.1) is 0 Å². The van der Waals surface area contributed by atoms with Gasteiger partial charge in [0, 0.05) is 10.7 Å². The highest BCUT2D eigenvalue weighted by molar-refractivity contribution is 7.92. The van der Waals surface area contributed by atoms with E-state index in [1.807, 2.05) is 30.3 Å². The number of halogens is 1. The molecule has 0 heterocycles. The molecular formula is C23H23ClN2O3S. The van der Waals surface area contributed by atoms with Crippen LogP contribution in [0.5, 0.6) is 0 Å². The summed E-state index contributed by atoms with van der Waals surface area (Å²) in [5.41, 5.74) is 2.96. The molecule has 0 radical (unpaired) electrons. The van der Waals surface area contributed by atoms with E-state index in [0.717, 1.165) is 21.9 Å². The molecule has 0 bridgehead atoms. The van der Waals surface area contributed by atoms with Crippen LogP contribution in [-0.2, 0) is 21.2 Å². The zero-order chi connectivity index (χ0) is 21.7. The van der Waals surface area contributed by atoms with Gasteiger partial charge in [0.25, 0.3) is 10.0 Å². The zero-order valence-corrected chi connectivity index (χ0v) is 18.4. The third-order valence-electron chi connectivity index (χ3n) is 4.72. The Hall–Kier alpha value is -2.83. The van der Waals surface area contributed by atoms with Gasteiger partial charge in [0.15, 0.2) is 0 Å². The van der Waals surface area contributed by atoms with Gasteiger partial charge in [-0.3, -0.25) is 9.10 Å². The lowest BCUT2D eigenvalue weighted by molar-refractivity contribution is -0.114. The van der Waals surface area contributed by atoms with E-state index in [2.05, 4.69) is 12.2 Å². The number of carbonyl (C=O) groups excluding carboxylic acids is 1. The second-order valence-electron chi connectivity index (χ2n) is 6.85. The Morgan fingerprint density at radius 2 is 1.60 bits per heavy atom. The number of nitrogens with one attached hydrogen (secondary N) is 1. The number of amides is 1. The van der Waals surface area contributed by atoms with E-state index in [1.54, 1.807) is 25.1 Å². The maximum Gasteiger partial charge on any atom is 0.264 e. The third-order valence-corrected chi connectivity index (χ3v) is 6.74. The summed E-state index contributed by atoms with van der Waals surface area (Å²) < 4.78 is 27.9. The summed E-state index contributed by atoms with van der Waals surface area (Å²) in [6, 6.07) is 20.4. The minimum atomic E-state index is -3.98. The van der Waals surface area contributed by atoms with Crippen molar-refractivity contribution in [3.63, 3.8) is 0 Å². The lowest BCUT2D eigenvalue weighted by Gasteiger charge is -2.25. The maximum atomic E-state index is 13.4. The highest BCUT2D eigenvalue weighted by Crippen LogP contribution is 2.27. The van der Waals surface area contributed by atoms with E-state index in [0.29, 0.717) is 16.4 Å². The smallest absolute Gasteiger partial charge is 0.264 e. The minimum Gasteiger partial charge on any atom is -0.325 e. The molecule has 1 amide bonds. The van der Waals surface area contributed by atoms with Gasteiger partial charge in [0.1, 0.15) is 6.54 Å². The summed E-state index contributed by atoms with van der Waals surface area (Å²) in [5, 5.41) is 3.21. The van der Waals surface area contributed by atoms with E-state index < -0.39 is 15.9 Å². The Kier molecular flexibility index (Phi) is 6.80. The quantitative estimate of drug-likeness (QED) is 0.557. The molecule has 3 rings (SSSR count). The van der Waals surface area contributed by atoms with Crippen molar-refractivity contribution in [3.8, 4) is 0 Å². The van der Waals surface area contributed by atoms with E-state index >= 15 is 0 Å². The van der Waals surface area contributed by atoms with Crippen molar-refractivity contribution >= 4 is 38.9 Å². The number of benzene rings is 3. The monoisotopic (exact) mass is 442 g/mol. The second kappa shape index (κ2) is 9.32. The molecule has 0 aliphatic carbocycles. The van der Waals surface area contributed by atoms with Gasteiger partial charge in [0.2, 0.25) is 5.91 Å². The Morgan fingerprint density at radius 1 is 0.967 bits per heavy atom. The fraction of sp³-hybridized carbons (Fsp3) is 0.174. The van der Waals surface area contributed by atoms with Crippen LogP contribution in [-0.4, -0.2) is 20.9 Å². The predicted molar refractivity (Wildman–Crippen MR) is 122 cm³/mol. The summed E-state index contributed by atoms with van der Waals surface area (Å²) in [6.45, 7) is 3.50. The van der Waals surface area contributed by atoms with Crippen molar-refractivity contribution in [2.75, 3.05) is 16.2 Å². The van der Waals surface area contributed by atoms with Crippen molar-refractivity contribution in [2.45, 2.75) is 25.2 Å². The van der Waals surface area contributed by atoms with E-state index in [4.69, 9.17) is 11.6 Å². The number of rotatable bonds is 7. The summed E-state index contributed by atoms with van der Waals surface area (Å²) in [5.74, 6) is -0.431. The molecule has 0 aliphatic heterocycles. The van der Waals surface area contributed by atoms with Crippen LogP contribution in [0.1, 0.15) is 18.1 Å². The summed E-state index contributed by atoms with van der Waals surface area (Å²) in [7, 11) is -3.98. The molecule has 156 valence electrons. The van der Waals surface area contributed by atoms with E-state index in [9.17, 15) is 13.2 Å². The van der Waals surface area contributed by atoms with Crippen LogP contribution in [0.2, 0.25) is 5.02 Å². The Labute approximate surface area is 182 Å². The largest absolute Gasteiger partial charge is 0.325 e. The molecule has 1 N–H and O–H groups in total. The number of hydrogen-bond donors (Lipinski definition) is 1. The number of para-hydroxylation sites is 1. The van der Waals surface area contributed by atoms with Crippen LogP contribution in [0.4, 0.5) is 11.4 Å². The van der Waals surface area contributed by atoms with Gasteiger partial charge in [-0.1, -0.05) is 48.9 Å². The SMILES string of the molecule is CCc1ccc(NC(=O)CN(c2ccccc2C)S(=O)(=O)c2ccc(Cl)cc2)cc1. The topological polar surface area (TPSA) is 66.5 Å². The molecule has 3 aromatic rings. The molecular weight excluding hydrogens is 420 g/mol. The number of anilines is 2. The van der Waals surface area contributed by atoms with Crippen molar-refractivity contribution < 1.29 is 13.2 Å². The van der Waals surface area contributed by atoms with E-state index in [-0.39, 0.29) is 11.4 Å². The Bertz CT molecular complexity index is 1130. The summed E-state index contributed by atoms with van der Waals surface area (Å²) in [4.78, 5) is 12.8. The van der Waals surface area contributed by atoms with Crippen molar-refractivity contribution in [1.29, 1.82) is 0 Å². The van der Waals surface area contributed by atoms with Crippen LogP contribution in [0.15, 0.2) is 77.7 Å². The highest BCUT2D eigenvalue weighted by atomic mass is 35.5. The first kappa shape index (κ1) is 21.9. The first-order chi connectivity index (χ1) is 14.3. The Morgan fingerprint density at radius 3 is 2.20 bits per heavy atom. The molecule has 0 atom stereocenters. The van der Waals surface area contributed by atoms with Gasteiger partial charge in [-0.25, -0.2) is 8.42 Å². The fourth-order valence-corrected chi connectivity index (χ4v) is 4.64. The fourth-order valence-electron chi connectivity index (χ4n) is 3.03. The van der Waals surface area contributed by atoms with Gasteiger partial charge in [-0.05, 0) is 66.9 Å². The molecule has 0 fully saturated rings. The van der Waals surface area contributed by atoms with Gasteiger partial charge in [-0.2, -0.15) is 0 Å². The predicted octanol–water partition coefficient (Wildman–Crippen LogP) is 5.04. The number of sulfonamides is 1. The molecule has 0 aliphatic rings. The van der Waals surface area contributed by atoms with Crippen LogP contribution in [0, 0.1) is 6.92 Å². The van der Waals surface area contributed by atoms with Gasteiger partial charge in [0.05, 0.1) is 10.6 Å². The van der Waals surface area contributed by atoms with Crippen LogP contribution in [0.25, 0.3) is 0 Å². The summed E-state index contributed by atoms with van der Waals surface area (Å²) >= 11 is 5.91. The van der Waals surface area contributed by atoms with Crippen LogP contribution < -0.4 is 9.62 Å². The lowest BCUT2D eigenvalue weighted by Crippen LogP contribution is -2.38. The summed E-state index contributed by atoms with van der Waals surface area (Å²) in [6.07, 6.45) is 0.897. The van der Waals surface area contributed by atoms with Crippen molar-refractivity contribution in [2.24, 2.45) is 0 Å². The van der Waals surface area contributed by atoms with Gasteiger partial charge < -0.3 is 5.32 Å². The first-order valence-corrected chi connectivity index (χ1v) is 11.4. The first-order valence-electron chi connectivity index (χ1n) is 9.54. The average molecular weight is 443 g/mol. The van der Waals surface area contributed by atoms with E-state index in [1.165, 1.54) is 24.3 Å². The molecule has 30 heavy (non-hydrogen) atoms. The molecule has 0 aromatic heterocycles. The second-order valence-corrected chi connectivity index (χ2v) is 9.15. The molecule has 0 saturated carbocycles. The maximum absolute atomic E-state index is 13.4. The molecule has 5 nitrogen and oxygen atoms in total. The molecule has 0 unspecified atom stereocenters. The standard InChI is InChI=1S/C23H23ClN2O3S/c1-3-18-8-12-20(13-9-18)25-23(27)16-26(22-7-5-4-6-17(22)2)30(28,29)21-14-10-19(24)11-15-21/h4-15H,3,16H2,1-2H3,(H,25,27).